The van der Waals surface area contributed by atoms with Gasteiger partial charge in [0.15, 0.2) is 10.9 Å². The van der Waals surface area contributed by atoms with Crippen LogP contribution in [0.3, 0.4) is 0 Å². The number of carbonyl (C=O) groups is 1. The standard InChI is InChI=1S/C19H18N2O3S/c1-3-24-14-10-8-13(9-11-14)17(22)12-25-19-20-16-7-5-4-6-15(16)18(23)21(19)2/h4-11H,3,12H2,1-2H3. The Kier molecular flexibility index (Phi) is 5.19. The van der Waals surface area contributed by atoms with Crippen molar-refractivity contribution in [2.45, 2.75) is 12.1 Å². The Bertz CT molecular complexity index is 965. The minimum absolute atomic E-state index is 0.0181. The van der Waals surface area contributed by atoms with Gasteiger partial charge >= 0.3 is 0 Å². The molecule has 0 spiro atoms. The molecule has 0 saturated carbocycles. The van der Waals surface area contributed by atoms with Crippen LogP contribution >= 0.6 is 11.8 Å². The fourth-order valence-electron chi connectivity index (χ4n) is 2.44. The first kappa shape index (κ1) is 17.2. The highest BCUT2D eigenvalue weighted by Gasteiger charge is 2.12. The molecule has 5 nitrogen and oxygen atoms in total. The predicted molar refractivity (Wildman–Crippen MR) is 99.6 cm³/mol. The second kappa shape index (κ2) is 7.53. The zero-order valence-electron chi connectivity index (χ0n) is 14.1. The lowest BCUT2D eigenvalue weighted by atomic mass is 10.1. The van der Waals surface area contributed by atoms with Gasteiger partial charge in [0.1, 0.15) is 5.75 Å². The first-order valence-corrected chi connectivity index (χ1v) is 8.93. The number of Topliss-reactive ketones (excluding diaryl/α,β-unsaturated/α-hetero) is 1. The van der Waals surface area contributed by atoms with Crippen molar-refractivity contribution in [3.05, 3.63) is 64.4 Å². The van der Waals surface area contributed by atoms with Gasteiger partial charge in [0.05, 0.1) is 23.3 Å². The number of ketones is 1. The zero-order chi connectivity index (χ0) is 17.8. The molecule has 1 heterocycles. The van der Waals surface area contributed by atoms with E-state index in [0.717, 1.165) is 5.75 Å². The maximum atomic E-state index is 12.4. The van der Waals surface area contributed by atoms with E-state index in [0.29, 0.717) is 28.2 Å². The third kappa shape index (κ3) is 3.74. The first-order valence-electron chi connectivity index (χ1n) is 7.94. The average Bonchev–Trinajstić information content (AvgIpc) is 2.64. The molecule has 25 heavy (non-hydrogen) atoms. The fraction of sp³-hybridized carbons (Fsp3) is 0.211. The van der Waals surface area contributed by atoms with Crippen LogP contribution < -0.4 is 10.3 Å². The minimum atomic E-state index is -0.110. The van der Waals surface area contributed by atoms with E-state index in [1.165, 1.54) is 16.3 Å². The smallest absolute Gasteiger partial charge is 0.261 e. The van der Waals surface area contributed by atoms with Crippen molar-refractivity contribution in [1.82, 2.24) is 9.55 Å². The zero-order valence-corrected chi connectivity index (χ0v) is 14.9. The molecular formula is C19H18N2O3S. The summed E-state index contributed by atoms with van der Waals surface area (Å²) in [6.07, 6.45) is 0. The van der Waals surface area contributed by atoms with E-state index in [4.69, 9.17) is 4.74 Å². The van der Waals surface area contributed by atoms with Gasteiger partial charge in [-0.2, -0.15) is 0 Å². The van der Waals surface area contributed by atoms with Crippen LogP contribution in [0.25, 0.3) is 10.9 Å². The van der Waals surface area contributed by atoms with Gasteiger partial charge in [0.2, 0.25) is 0 Å². The molecule has 0 N–H and O–H groups in total. The lowest BCUT2D eigenvalue weighted by Crippen LogP contribution is -2.20. The second-order valence-corrected chi connectivity index (χ2v) is 6.39. The van der Waals surface area contributed by atoms with Crippen LogP contribution in [0, 0.1) is 0 Å². The van der Waals surface area contributed by atoms with E-state index >= 15 is 0 Å². The molecule has 0 saturated heterocycles. The minimum Gasteiger partial charge on any atom is -0.494 e. The van der Waals surface area contributed by atoms with Crippen molar-refractivity contribution >= 4 is 28.4 Å². The normalized spacial score (nSPS) is 10.8. The van der Waals surface area contributed by atoms with Crippen molar-refractivity contribution in [3.8, 4) is 5.75 Å². The van der Waals surface area contributed by atoms with Gasteiger partial charge in [-0.3, -0.25) is 14.2 Å². The molecule has 0 aliphatic rings. The van der Waals surface area contributed by atoms with E-state index in [2.05, 4.69) is 4.98 Å². The Morgan fingerprint density at radius 3 is 2.60 bits per heavy atom. The van der Waals surface area contributed by atoms with E-state index < -0.39 is 0 Å². The van der Waals surface area contributed by atoms with Gasteiger partial charge in [-0.25, -0.2) is 4.98 Å². The molecule has 0 atom stereocenters. The third-order valence-corrected chi connectivity index (χ3v) is 4.79. The van der Waals surface area contributed by atoms with Crippen LogP contribution in [0.4, 0.5) is 0 Å². The van der Waals surface area contributed by atoms with Gasteiger partial charge in [-0.1, -0.05) is 23.9 Å². The summed E-state index contributed by atoms with van der Waals surface area (Å²) in [6, 6.07) is 14.3. The number of ether oxygens (including phenoxy) is 1. The number of carbonyl (C=O) groups excluding carboxylic acids is 1. The van der Waals surface area contributed by atoms with Crippen LogP contribution in [-0.4, -0.2) is 27.7 Å². The third-order valence-electron chi connectivity index (χ3n) is 3.76. The summed E-state index contributed by atoms with van der Waals surface area (Å²) in [5.41, 5.74) is 1.14. The molecule has 2 aromatic carbocycles. The van der Waals surface area contributed by atoms with E-state index in [1.807, 2.05) is 19.1 Å². The largest absolute Gasteiger partial charge is 0.494 e. The van der Waals surface area contributed by atoms with Crippen molar-refractivity contribution in [3.63, 3.8) is 0 Å². The maximum Gasteiger partial charge on any atom is 0.261 e. The quantitative estimate of drug-likeness (QED) is 0.386. The number of hydrogen-bond donors (Lipinski definition) is 0. The Morgan fingerprint density at radius 1 is 1.16 bits per heavy atom. The van der Waals surface area contributed by atoms with Gasteiger partial charge in [-0.05, 0) is 43.3 Å². The van der Waals surface area contributed by atoms with Gasteiger partial charge < -0.3 is 4.74 Å². The number of fused-ring (bicyclic) bond motifs is 1. The summed E-state index contributed by atoms with van der Waals surface area (Å²) in [5, 5.41) is 1.11. The Morgan fingerprint density at radius 2 is 1.88 bits per heavy atom. The monoisotopic (exact) mass is 354 g/mol. The molecule has 0 bridgehead atoms. The topological polar surface area (TPSA) is 61.2 Å². The number of nitrogens with zero attached hydrogens (tertiary/aromatic N) is 2. The van der Waals surface area contributed by atoms with E-state index in [1.54, 1.807) is 43.4 Å². The summed E-state index contributed by atoms with van der Waals surface area (Å²) in [7, 11) is 1.67. The molecule has 0 radical (unpaired) electrons. The molecule has 6 heteroatoms. The molecule has 128 valence electrons. The summed E-state index contributed by atoms with van der Waals surface area (Å²) < 4.78 is 6.86. The maximum absolute atomic E-state index is 12.4. The highest BCUT2D eigenvalue weighted by Crippen LogP contribution is 2.19. The lowest BCUT2D eigenvalue weighted by molar-refractivity contribution is 0.102. The molecule has 1 aromatic heterocycles. The average molecular weight is 354 g/mol. The van der Waals surface area contributed by atoms with Crippen LogP contribution in [0.15, 0.2) is 58.5 Å². The van der Waals surface area contributed by atoms with Crippen LogP contribution in [0.1, 0.15) is 17.3 Å². The number of thioether (sulfide) groups is 1. The Hall–Kier alpha value is -2.60. The molecule has 0 unspecified atom stereocenters. The number of para-hydroxylation sites is 1. The SMILES string of the molecule is CCOc1ccc(C(=O)CSc2nc3ccccc3c(=O)n2C)cc1. The Balaban J connectivity index is 1.77. The first-order chi connectivity index (χ1) is 12.1. The molecule has 0 fully saturated rings. The Labute approximate surface area is 149 Å². The van der Waals surface area contributed by atoms with Crippen LogP contribution in [-0.2, 0) is 7.05 Å². The molecule has 3 aromatic rings. The lowest BCUT2D eigenvalue weighted by Gasteiger charge is -2.08. The van der Waals surface area contributed by atoms with E-state index in [-0.39, 0.29) is 17.1 Å². The van der Waals surface area contributed by atoms with Gasteiger partial charge in [-0.15, -0.1) is 0 Å². The van der Waals surface area contributed by atoms with E-state index in [9.17, 15) is 9.59 Å². The van der Waals surface area contributed by atoms with Gasteiger partial charge in [0.25, 0.3) is 5.56 Å². The summed E-state index contributed by atoms with van der Waals surface area (Å²) in [4.78, 5) is 29.2. The number of hydrogen-bond acceptors (Lipinski definition) is 5. The second-order valence-electron chi connectivity index (χ2n) is 5.44. The van der Waals surface area contributed by atoms with Gasteiger partial charge in [0, 0.05) is 12.6 Å². The fourth-order valence-corrected chi connectivity index (χ4v) is 3.31. The number of aromatic nitrogens is 2. The van der Waals surface area contributed by atoms with Crippen molar-refractivity contribution in [2.24, 2.45) is 7.05 Å². The summed E-state index contributed by atoms with van der Waals surface area (Å²) in [6.45, 7) is 2.50. The predicted octanol–water partition coefficient (Wildman–Crippen LogP) is 3.31. The molecular weight excluding hydrogens is 336 g/mol. The van der Waals surface area contributed by atoms with Crippen LogP contribution in [0.2, 0.25) is 0 Å². The van der Waals surface area contributed by atoms with Crippen molar-refractivity contribution in [1.29, 1.82) is 0 Å². The number of rotatable bonds is 6. The molecule has 3 rings (SSSR count). The summed E-state index contributed by atoms with van der Waals surface area (Å²) >= 11 is 1.26. The van der Waals surface area contributed by atoms with Crippen LogP contribution in [0.5, 0.6) is 5.75 Å². The van der Waals surface area contributed by atoms with Crippen molar-refractivity contribution in [2.75, 3.05) is 12.4 Å². The molecule has 0 amide bonds. The molecule has 0 aliphatic heterocycles. The van der Waals surface area contributed by atoms with Crippen molar-refractivity contribution < 1.29 is 9.53 Å². The molecule has 0 aliphatic carbocycles. The number of benzene rings is 2. The summed E-state index contributed by atoms with van der Waals surface area (Å²) in [5.74, 6) is 0.938. The highest BCUT2D eigenvalue weighted by molar-refractivity contribution is 7.99. The highest BCUT2D eigenvalue weighted by atomic mass is 32.2.